The molecule has 0 bridgehead atoms. The first-order valence-electron chi connectivity index (χ1n) is 4.86. The van der Waals surface area contributed by atoms with E-state index >= 15 is 0 Å². The third kappa shape index (κ3) is 1.73. The molecule has 0 amide bonds. The fourth-order valence-corrected chi connectivity index (χ4v) is 1.30. The average Bonchev–Trinajstić information content (AvgIpc) is 3.02. The van der Waals surface area contributed by atoms with Crippen LogP contribution in [0.3, 0.4) is 0 Å². The van der Waals surface area contributed by atoms with Crippen molar-refractivity contribution in [2.75, 3.05) is 24.7 Å². The quantitative estimate of drug-likeness (QED) is 0.764. The van der Waals surface area contributed by atoms with E-state index in [1.165, 1.54) is 0 Å². The summed E-state index contributed by atoms with van der Waals surface area (Å²) < 4.78 is 5.78. The first-order chi connectivity index (χ1) is 6.85. The molecule has 4 nitrogen and oxygen atoms in total. The molecule has 0 radical (unpaired) electrons. The molecule has 2 N–H and O–H groups in total. The topological polar surface area (TPSA) is 46.2 Å². The van der Waals surface area contributed by atoms with Crippen molar-refractivity contribution < 1.29 is 4.74 Å². The maximum atomic E-state index is 5.78. The first kappa shape index (κ1) is 9.12. The van der Waals surface area contributed by atoms with Crippen LogP contribution in [-0.2, 0) is 0 Å². The van der Waals surface area contributed by atoms with Crippen LogP contribution in [0.25, 0.3) is 0 Å². The second-order valence-corrected chi connectivity index (χ2v) is 3.35. The number of nitrogens with zero attached hydrogens (tertiary/aromatic N) is 1. The summed E-state index contributed by atoms with van der Waals surface area (Å²) in [6.45, 7) is 0. The Hall–Kier alpha value is -1.45. The number of anilines is 2. The van der Waals surface area contributed by atoms with Gasteiger partial charge in [0.15, 0.2) is 11.6 Å². The van der Waals surface area contributed by atoms with Crippen LogP contribution < -0.4 is 15.4 Å². The van der Waals surface area contributed by atoms with Crippen LogP contribution in [0.4, 0.5) is 11.5 Å². The molecular weight excluding hydrogens is 178 g/mol. The molecule has 0 aromatic carbocycles. The smallest absolute Gasteiger partial charge is 0.185 e. The largest absolute Gasteiger partial charge is 0.484 e. The van der Waals surface area contributed by atoms with Crippen LogP contribution in [0.5, 0.6) is 5.75 Å². The molecule has 76 valence electrons. The van der Waals surface area contributed by atoms with Crippen molar-refractivity contribution >= 4 is 11.5 Å². The number of pyridine rings is 1. The van der Waals surface area contributed by atoms with Crippen LogP contribution in [0.2, 0.25) is 0 Å². The summed E-state index contributed by atoms with van der Waals surface area (Å²) in [4.78, 5) is 4.21. The van der Waals surface area contributed by atoms with E-state index in [4.69, 9.17) is 4.74 Å². The van der Waals surface area contributed by atoms with Gasteiger partial charge in [0, 0.05) is 20.3 Å². The van der Waals surface area contributed by atoms with Gasteiger partial charge in [0.2, 0.25) is 0 Å². The summed E-state index contributed by atoms with van der Waals surface area (Å²) in [6, 6.07) is 1.92. The molecule has 2 rings (SSSR count). The van der Waals surface area contributed by atoms with Gasteiger partial charge in [-0.05, 0) is 18.9 Å². The number of rotatable bonds is 4. The third-order valence-electron chi connectivity index (χ3n) is 2.22. The average molecular weight is 193 g/mol. The molecule has 1 saturated carbocycles. The van der Waals surface area contributed by atoms with Crippen molar-refractivity contribution in [3.63, 3.8) is 0 Å². The summed E-state index contributed by atoms with van der Waals surface area (Å²) in [5.41, 5.74) is 0.983. The number of hydrogen-bond acceptors (Lipinski definition) is 4. The predicted octanol–water partition coefficient (Wildman–Crippen LogP) is 1.71. The zero-order valence-electron chi connectivity index (χ0n) is 8.50. The Morgan fingerprint density at radius 1 is 1.36 bits per heavy atom. The molecule has 1 fully saturated rings. The van der Waals surface area contributed by atoms with Crippen molar-refractivity contribution in [2.24, 2.45) is 0 Å². The summed E-state index contributed by atoms with van der Waals surface area (Å²) in [5, 5.41) is 6.13. The Bertz CT molecular complexity index is 301. The van der Waals surface area contributed by atoms with Gasteiger partial charge in [-0.1, -0.05) is 0 Å². The highest BCUT2D eigenvalue weighted by Crippen LogP contribution is 2.36. The zero-order chi connectivity index (χ0) is 9.97. The third-order valence-corrected chi connectivity index (χ3v) is 2.22. The number of ether oxygens (including phenoxy) is 1. The second-order valence-electron chi connectivity index (χ2n) is 3.35. The Kier molecular flexibility index (Phi) is 2.43. The van der Waals surface area contributed by atoms with E-state index in [9.17, 15) is 0 Å². The minimum atomic E-state index is 0.387. The Labute approximate surface area is 83.7 Å². The lowest BCUT2D eigenvalue weighted by atomic mass is 10.3. The standard InChI is InChI=1S/C10H15N3O/c1-11-8-5-6-13-10(12-2)9(8)14-7-3-4-7/h5-7H,3-4H2,1-2H3,(H2,11,12,13). The molecule has 1 aromatic heterocycles. The highest BCUT2D eigenvalue weighted by Gasteiger charge is 2.26. The molecule has 4 heteroatoms. The highest BCUT2D eigenvalue weighted by molar-refractivity contribution is 5.67. The van der Waals surface area contributed by atoms with Crippen LogP contribution in [0.15, 0.2) is 12.3 Å². The Balaban J connectivity index is 2.29. The van der Waals surface area contributed by atoms with Crippen LogP contribution in [-0.4, -0.2) is 25.2 Å². The molecule has 0 atom stereocenters. The number of aromatic nitrogens is 1. The van der Waals surface area contributed by atoms with Gasteiger partial charge in [-0.15, -0.1) is 0 Å². The second kappa shape index (κ2) is 3.74. The van der Waals surface area contributed by atoms with Gasteiger partial charge in [-0.3, -0.25) is 0 Å². The van der Waals surface area contributed by atoms with Crippen molar-refractivity contribution in [2.45, 2.75) is 18.9 Å². The summed E-state index contributed by atoms with van der Waals surface area (Å²) >= 11 is 0. The van der Waals surface area contributed by atoms with Crippen LogP contribution in [0.1, 0.15) is 12.8 Å². The fraction of sp³-hybridized carbons (Fsp3) is 0.500. The van der Waals surface area contributed by atoms with E-state index in [-0.39, 0.29) is 0 Å². The van der Waals surface area contributed by atoms with E-state index < -0.39 is 0 Å². The van der Waals surface area contributed by atoms with Crippen LogP contribution in [0, 0.1) is 0 Å². The van der Waals surface area contributed by atoms with Gasteiger partial charge in [-0.2, -0.15) is 0 Å². The first-order valence-corrected chi connectivity index (χ1v) is 4.86. The lowest BCUT2D eigenvalue weighted by Crippen LogP contribution is -2.05. The predicted molar refractivity (Wildman–Crippen MR) is 57.0 cm³/mol. The van der Waals surface area contributed by atoms with E-state index in [1.807, 2.05) is 20.2 Å². The molecule has 0 spiro atoms. The van der Waals surface area contributed by atoms with E-state index in [2.05, 4.69) is 15.6 Å². The molecule has 1 aliphatic carbocycles. The van der Waals surface area contributed by atoms with Gasteiger partial charge in [0.1, 0.15) is 0 Å². The summed E-state index contributed by atoms with van der Waals surface area (Å²) in [5.74, 6) is 1.63. The Morgan fingerprint density at radius 3 is 2.71 bits per heavy atom. The van der Waals surface area contributed by atoms with Crippen molar-refractivity contribution in [3.8, 4) is 5.75 Å². The highest BCUT2D eigenvalue weighted by atomic mass is 16.5. The maximum absolute atomic E-state index is 5.78. The lowest BCUT2D eigenvalue weighted by Gasteiger charge is -2.13. The van der Waals surface area contributed by atoms with E-state index in [1.54, 1.807) is 6.20 Å². The Morgan fingerprint density at radius 2 is 2.14 bits per heavy atom. The molecule has 14 heavy (non-hydrogen) atoms. The maximum Gasteiger partial charge on any atom is 0.185 e. The van der Waals surface area contributed by atoms with Crippen LogP contribution >= 0.6 is 0 Å². The van der Waals surface area contributed by atoms with Gasteiger partial charge >= 0.3 is 0 Å². The summed E-state index contributed by atoms with van der Waals surface area (Å²) in [7, 11) is 3.73. The van der Waals surface area contributed by atoms with Crippen molar-refractivity contribution in [1.29, 1.82) is 0 Å². The molecule has 1 aromatic rings. The van der Waals surface area contributed by atoms with Crippen molar-refractivity contribution in [3.05, 3.63) is 12.3 Å². The summed E-state index contributed by atoms with van der Waals surface area (Å²) in [6.07, 6.45) is 4.46. The molecule has 1 heterocycles. The minimum Gasteiger partial charge on any atom is -0.484 e. The van der Waals surface area contributed by atoms with E-state index in [0.717, 1.165) is 30.1 Å². The number of hydrogen-bond donors (Lipinski definition) is 2. The van der Waals surface area contributed by atoms with Crippen molar-refractivity contribution in [1.82, 2.24) is 4.98 Å². The molecule has 0 saturated heterocycles. The van der Waals surface area contributed by atoms with Gasteiger partial charge in [0.25, 0.3) is 0 Å². The lowest BCUT2D eigenvalue weighted by molar-refractivity contribution is 0.305. The van der Waals surface area contributed by atoms with E-state index in [0.29, 0.717) is 6.10 Å². The van der Waals surface area contributed by atoms with Gasteiger partial charge in [0.05, 0.1) is 11.8 Å². The van der Waals surface area contributed by atoms with Gasteiger partial charge < -0.3 is 15.4 Å². The molecular formula is C10H15N3O. The zero-order valence-corrected chi connectivity index (χ0v) is 8.50. The molecule has 1 aliphatic rings. The number of nitrogens with one attached hydrogen (secondary N) is 2. The minimum absolute atomic E-state index is 0.387. The molecule has 0 unspecified atom stereocenters. The fourth-order valence-electron chi connectivity index (χ4n) is 1.30. The normalized spacial score (nSPS) is 15.0. The monoisotopic (exact) mass is 193 g/mol. The molecule has 0 aliphatic heterocycles. The van der Waals surface area contributed by atoms with Gasteiger partial charge in [-0.25, -0.2) is 4.98 Å². The SMILES string of the molecule is CNc1ccnc(NC)c1OC1CC1.